The third-order valence-corrected chi connectivity index (χ3v) is 4.03. The third-order valence-electron chi connectivity index (χ3n) is 1.22. The molecule has 1 aromatic rings. The lowest BCUT2D eigenvalue weighted by Crippen LogP contribution is -2.05. The number of halogens is 1. The van der Waals surface area contributed by atoms with Crippen LogP contribution in [-0.4, -0.2) is 25.8 Å². The molecule has 9 heteroatoms. The maximum atomic E-state index is 10.7. The zero-order chi connectivity index (χ0) is 10.9. The minimum absolute atomic E-state index is 0.109. The zero-order valence-corrected chi connectivity index (χ0v) is 10.8. The average Bonchev–Trinajstić information content (AvgIpc) is 2.26. The maximum Gasteiger partial charge on any atom is 0.330 e. The van der Waals surface area contributed by atoms with Gasteiger partial charge in [0.15, 0.2) is 5.13 Å². The van der Waals surface area contributed by atoms with Gasteiger partial charge in [-0.15, -0.1) is 0 Å². The summed E-state index contributed by atoms with van der Waals surface area (Å²) in [7, 11) is -4.14. The van der Waals surface area contributed by atoms with Crippen LogP contribution in [-0.2, 0) is 4.57 Å². The second kappa shape index (κ2) is 4.34. The molecule has 1 rings (SSSR count). The summed E-state index contributed by atoms with van der Waals surface area (Å²) in [5.41, 5.74) is 5.74. The number of anilines is 1. The van der Waals surface area contributed by atoms with Crippen LogP contribution in [0.15, 0.2) is 3.79 Å². The van der Waals surface area contributed by atoms with Gasteiger partial charge in [0.05, 0.1) is 11.0 Å². The molecule has 0 aromatic carbocycles. The van der Waals surface area contributed by atoms with Crippen LogP contribution in [0.4, 0.5) is 5.13 Å². The summed E-state index contributed by atoms with van der Waals surface area (Å²) in [6.45, 7) is 0. The first-order valence-corrected chi connectivity index (χ1v) is 7.10. The number of nitrogens with two attached hydrogens (primary N) is 1. The van der Waals surface area contributed by atoms with Crippen molar-refractivity contribution in [3.05, 3.63) is 9.48 Å². The Kier molecular flexibility index (Phi) is 3.79. The summed E-state index contributed by atoms with van der Waals surface area (Å²) in [4.78, 5) is 21.4. The topological polar surface area (TPSA) is 96.4 Å². The molecule has 0 bridgehead atoms. The van der Waals surface area contributed by atoms with E-state index in [4.69, 9.17) is 27.7 Å². The number of hydrogen-bond acceptors (Lipinski definition) is 5. The Balaban J connectivity index is 2.90. The molecule has 0 fully saturated rings. The van der Waals surface area contributed by atoms with Crippen LogP contribution in [0.1, 0.15) is 5.69 Å². The molecule has 0 atom stereocenters. The molecular weight excluding hydrogens is 311 g/mol. The van der Waals surface area contributed by atoms with Crippen LogP contribution in [0.2, 0.25) is 0 Å². The number of hydrogen-bond donors (Lipinski definition) is 3. The van der Waals surface area contributed by atoms with E-state index in [1.165, 1.54) is 11.3 Å². The average molecular weight is 317 g/mol. The Hall–Kier alpha value is 0.150. The molecule has 5 nitrogen and oxygen atoms in total. The Bertz CT molecular complexity index is 415. The van der Waals surface area contributed by atoms with Gasteiger partial charge < -0.3 is 15.5 Å². The lowest BCUT2D eigenvalue weighted by Gasteiger charge is -2.02. The number of nitrogen functional groups attached to an aromatic ring is 1. The highest BCUT2D eigenvalue weighted by atomic mass is 79.9. The second-order valence-electron chi connectivity index (χ2n) is 2.42. The summed E-state index contributed by atoms with van der Waals surface area (Å²) in [6, 6.07) is 0. The molecule has 14 heavy (non-hydrogen) atoms. The number of thiocarbonyl (C=S) groups is 1. The van der Waals surface area contributed by atoms with Crippen molar-refractivity contribution < 1.29 is 14.4 Å². The summed E-state index contributed by atoms with van der Waals surface area (Å²) in [5.74, 6) is 0. The van der Waals surface area contributed by atoms with Crippen molar-refractivity contribution >= 4 is 57.1 Å². The Morgan fingerprint density at radius 1 is 1.71 bits per heavy atom. The summed E-state index contributed by atoms with van der Waals surface area (Å²) < 4.78 is 11.3. The molecule has 0 amide bonds. The Morgan fingerprint density at radius 2 is 2.29 bits per heavy atom. The minimum atomic E-state index is -4.14. The molecule has 0 saturated carbocycles. The quantitative estimate of drug-likeness (QED) is 0.443. The van der Waals surface area contributed by atoms with E-state index in [0.717, 1.165) is 0 Å². The molecule has 1 heterocycles. The van der Waals surface area contributed by atoms with Crippen LogP contribution in [0.25, 0.3) is 0 Å². The van der Waals surface area contributed by atoms with Crippen molar-refractivity contribution in [2.75, 3.05) is 11.9 Å². The van der Waals surface area contributed by atoms with E-state index in [9.17, 15) is 4.57 Å². The van der Waals surface area contributed by atoms with E-state index < -0.39 is 13.8 Å². The summed E-state index contributed by atoms with van der Waals surface area (Å²) in [5, 5.41) is 0.305. The van der Waals surface area contributed by atoms with Gasteiger partial charge in [-0.2, -0.15) is 0 Å². The summed E-state index contributed by atoms with van der Waals surface area (Å²) >= 11 is 9.16. The van der Waals surface area contributed by atoms with Gasteiger partial charge in [-0.25, -0.2) is 4.98 Å². The molecule has 0 saturated heterocycles. The molecule has 0 aliphatic carbocycles. The highest BCUT2D eigenvalue weighted by Crippen LogP contribution is 2.37. The smallest absolute Gasteiger partial charge is 0.330 e. The molecule has 4 N–H and O–H groups in total. The molecule has 1 aromatic heterocycles. The molecule has 0 unspecified atom stereocenters. The van der Waals surface area contributed by atoms with Gasteiger partial charge in [-0.3, -0.25) is 4.57 Å². The van der Waals surface area contributed by atoms with E-state index in [-0.39, 0.29) is 4.86 Å². The number of thiazole rings is 1. The van der Waals surface area contributed by atoms with E-state index in [1.54, 1.807) is 0 Å². The molecular formula is C5H6BrN2O3PS2. The molecule has 0 spiro atoms. The van der Waals surface area contributed by atoms with Gasteiger partial charge in [-0.1, -0.05) is 23.6 Å². The molecule has 0 aliphatic heterocycles. The second-order valence-corrected chi connectivity index (χ2v) is 6.91. The molecule has 0 aliphatic rings. The highest BCUT2D eigenvalue weighted by Gasteiger charge is 2.21. The van der Waals surface area contributed by atoms with E-state index in [2.05, 4.69) is 20.9 Å². The number of rotatable bonds is 3. The fourth-order valence-corrected chi connectivity index (χ4v) is 3.53. The van der Waals surface area contributed by atoms with Gasteiger partial charge in [0.25, 0.3) is 0 Å². The van der Waals surface area contributed by atoms with E-state index >= 15 is 0 Å². The lowest BCUT2D eigenvalue weighted by atomic mass is 10.4. The fraction of sp³-hybridized carbons (Fsp3) is 0.200. The van der Waals surface area contributed by atoms with Gasteiger partial charge in [0.2, 0.25) is 0 Å². The summed E-state index contributed by atoms with van der Waals surface area (Å²) in [6.07, 6.45) is -0.482. The fourth-order valence-electron chi connectivity index (χ4n) is 0.751. The van der Waals surface area contributed by atoms with Crippen LogP contribution in [0, 0.1) is 0 Å². The van der Waals surface area contributed by atoms with Crippen molar-refractivity contribution in [1.29, 1.82) is 0 Å². The predicted molar refractivity (Wildman–Crippen MR) is 62.8 cm³/mol. The standard InChI is InChI=1S/C5H6BrN2O3PS2/c6-4-3(8-5(7)14-4)2(13)1-12(9,10)11/h1H2,(H2,7,8)(H2,9,10,11). The first-order valence-electron chi connectivity index (χ1n) is 3.29. The van der Waals surface area contributed by atoms with Gasteiger partial charge in [0, 0.05) is 0 Å². The highest BCUT2D eigenvalue weighted by molar-refractivity contribution is 9.11. The minimum Gasteiger partial charge on any atom is -0.375 e. The molecule has 78 valence electrons. The van der Waals surface area contributed by atoms with Crippen LogP contribution in [0.5, 0.6) is 0 Å². The van der Waals surface area contributed by atoms with Crippen molar-refractivity contribution in [2.45, 2.75) is 0 Å². The van der Waals surface area contributed by atoms with Gasteiger partial charge >= 0.3 is 7.60 Å². The first kappa shape index (κ1) is 12.2. The normalized spacial score (nSPS) is 11.6. The predicted octanol–water partition coefficient (Wildman–Crippen LogP) is 1.38. The lowest BCUT2D eigenvalue weighted by molar-refractivity contribution is 0.378. The van der Waals surface area contributed by atoms with Crippen molar-refractivity contribution in [1.82, 2.24) is 4.98 Å². The van der Waals surface area contributed by atoms with E-state index in [0.29, 0.717) is 14.6 Å². The zero-order valence-electron chi connectivity index (χ0n) is 6.68. The molecule has 0 radical (unpaired) electrons. The van der Waals surface area contributed by atoms with Gasteiger partial charge in [-0.05, 0) is 15.9 Å². The number of nitrogens with zero attached hydrogens (tertiary/aromatic N) is 1. The SMILES string of the molecule is Nc1nc(C(=S)CP(=O)(O)O)c(Br)s1. The maximum absolute atomic E-state index is 10.7. The van der Waals surface area contributed by atoms with Crippen LogP contribution >= 0.6 is 47.1 Å². The van der Waals surface area contributed by atoms with Crippen molar-refractivity contribution in [2.24, 2.45) is 0 Å². The Labute approximate surface area is 97.6 Å². The van der Waals surface area contributed by atoms with Gasteiger partial charge in [0.1, 0.15) is 9.48 Å². The van der Waals surface area contributed by atoms with Crippen molar-refractivity contribution in [3.63, 3.8) is 0 Å². The van der Waals surface area contributed by atoms with Crippen LogP contribution in [0.3, 0.4) is 0 Å². The third kappa shape index (κ3) is 3.38. The first-order chi connectivity index (χ1) is 6.29. The largest absolute Gasteiger partial charge is 0.375 e. The van der Waals surface area contributed by atoms with Crippen LogP contribution < -0.4 is 5.73 Å². The Morgan fingerprint density at radius 3 is 2.64 bits per heavy atom. The van der Waals surface area contributed by atoms with E-state index in [1.807, 2.05) is 0 Å². The number of aromatic nitrogens is 1. The monoisotopic (exact) mass is 316 g/mol. The van der Waals surface area contributed by atoms with Crippen molar-refractivity contribution in [3.8, 4) is 0 Å².